The SMILES string of the molecule is Cc1ccc(C)c(N2CCN(S(=O)(=O)c3ccc4c(c3)oc(=O)n4Cc3noc(C)n3)CC2)c1. The predicted octanol–water partition coefficient (Wildman–Crippen LogP) is 2.46. The summed E-state index contributed by atoms with van der Waals surface area (Å²) in [6.07, 6.45) is 0. The lowest BCUT2D eigenvalue weighted by Crippen LogP contribution is -2.48. The van der Waals surface area contributed by atoms with Crippen LogP contribution in [0.5, 0.6) is 0 Å². The standard InChI is InChI=1S/C23H25N5O5S/c1-15-4-5-16(2)20(12-15)26-8-10-27(11-9-26)34(30,31)18-6-7-19-21(13-18)32-23(29)28(19)14-22-24-17(3)33-25-22/h4-7,12-13H,8-11,14H2,1-3H3. The highest BCUT2D eigenvalue weighted by atomic mass is 32.2. The summed E-state index contributed by atoms with van der Waals surface area (Å²) in [5, 5.41) is 3.80. The minimum absolute atomic E-state index is 0.0651. The summed E-state index contributed by atoms with van der Waals surface area (Å²) >= 11 is 0. The minimum Gasteiger partial charge on any atom is -0.408 e. The van der Waals surface area contributed by atoms with Crippen LogP contribution in [0.15, 0.2) is 55.0 Å². The molecule has 1 aliphatic rings. The topological polar surface area (TPSA) is 115 Å². The van der Waals surface area contributed by atoms with Crippen molar-refractivity contribution < 1.29 is 17.4 Å². The van der Waals surface area contributed by atoms with Crippen LogP contribution >= 0.6 is 0 Å². The smallest absolute Gasteiger partial charge is 0.408 e. The van der Waals surface area contributed by atoms with Crippen LogP contribution in [0.4, 0.5) is 5.69 Å². The molecule has 0 radical (unpaired) electrons. The number of anilines is 1. The number of oxazole rings is 1. The molecule has 0 atom stereocenters. The maximum Gasteiger partial charge on any atom is 0.420 e. The van der Waals surface area contributed by atoms with E-state index in [0.29, 0.717) is 43.4 Å². The molecule has 3 heterocycles. The van der Waals surface area contributed by atoms with Gasteiger partial charge >= 0.3 is 5.76 Å². The molecule has 2 aromatic heterocycles. The Bertz CT molecular complexity index is 1530. The minimum atomic E-state index is -3.74. The lowest BCUT2D eigenvalue weighted by atomic mass is 10.1. The van der Waals surface area contributed by atoms with Crippen molar-refractivity contribution in [3.63, 3.8) is 0 Å². The number of hydrogen-bond acceptors (Lipinski definition) is 8. The first-order valence-electron chi connectivity index (χ1n) is 11.0. The van der Waals surface area contributed by atoms with Crippen LogP contribution in [-0.4, -0.2) is 53.6 Å². The third kappa shape index (κ3) is 4.01. The van der Waals surface area contributed by atoms with E-state index in [1.54, 1.807) is 13.0 Å². The van der Waals surface area contributed by atoms with Crippen LogP contribution in [0.3, 0.4) is 0 Å². The van der Waals surface area contributed by atoms with Gasteiger partial charge in [0.1, 0.15) is 0 Å². The first-order valence-corrected chi connectivity index (χ1v) is 12.4. The quantitative estimate of drug-likeness (QED) is 0.425. The zero-order valence-electron chi connectivity index (χ0n) is 19.2. The Kier molecular flexibility index (Phi) is 5.53. The summed E-state index contributed by atoms with van der Waals surface area (Å²) in [4.78, 5) is 18.8. The summed E-state index contributed by atoms with van der Waals surface area (Å²) in [5.74, 6) is 0.108. The lowest BCUT2D eigenvalue weighted by Gasteiger charge is -2.36. The second-order valence-electron chi connectivity index (χ2n) is 8.49. The molecular weight excluding hydrogens is 458 g/mol. The van der Waals surface area contributed by atoms with Crippen molar-refractivity contribution in [1.29, 1.82) is 0 Å². The van der Waals surface area contributed by atoms with E-state index in [9.17, 15) is 13.2 Å². The van der Waals surface area contributed by atoms with Gasteiger partial charge in [-0.05, 0) is 43.2 Å². The van der Waals surface area contributed by atoms with Gasteiger partial charge < -0.3 is 13.8 Å². The number of fused-ring (bicyclic) bond motifs is 1. The third-order valence-electron chi connectivity index (χ3n) is 6.09. The molecule has 178 valence electrons. The average molecular weight is 484 g/mol. The van der Waals surface area contributed by atoms with Crippen LogP contribution in [0, 0.1) is 20.8 Å². The van der Waals surface area contributed by atoms with Gasteiger partial charge in [0.05, 0.1) is 17.0 Å². The van der Waals surface area contributed by atoms with Crippen molar-refractivity contribution in [2.24, 2.45) is 0 Å². The molecule has 10 nitrogen and oxygen atoms in total. The Morgan fingerprint density at radius 2 is 1.76 bits per heavy atom. The Morgan fingerprint density at radius 1 is 1.00 bits per heavy atom. The molecule has 0 aliphatic carbocycles. The van der Waals surface area contributed by atoms with Gasteiger partial charge in [-0.2, -0.15) is 9.29 Å². The second-order valence-corrected chi connectivity index (χ2v) is 10.4. The molecule has 2 aromatic carbocycles. The molecule has 1 fully saturated rings. The molecule has 11 heteroatoms. The molecule has 0 amide bonds. The molecule has 0 bridgehead atoms. The fourth-order valence-corrected chi connectivity index (χ4v) is 5.72. The molecule has 0 saturated carbocycles. The van der Waals surface area contributed by atoms with Crippen LogP contribution in [0.25, 0.3) is 11.1 Å². The van der Waals surface area contributed by atoms with E-state index >= 15 is 0 Å². The fraction of sp³-hybridized carbons (Fsp3) is 0.348. The summed E-state index contributed by atoms with van der Waals surface area (Å²) in [5.41, 5.74) is 4.14. The number of nitrogens with zero attached hydrogens (tertiary/aromatic N) is 5. The van der Waals surface area contributed by atoms with Crippen LogP contribution in [0.1, 0.15) is 22.8 Å². The third-order valence-corrected chi connectivity index (χ3v) is 7.99. The van der Waals surface area contributed by atoms with Gasteiger partial charge in [-0.15, -0.1) is 0 Å². The number of piperazine rings is 1. The van der Waals surface area contributed by atoms with E-state index < -0.39 is 15.8 Å². The number of sulfonamides is 1. The van der Waals surface area contributed by atoms with Gasteiger partial charge in [0.25, 0.3) is 0 Å². The number of rotatable bonds is 5. The van der Waals surface area contributed by atoms with Gasteiger partial charge in [0, 0.05) is 44.9 Å². The van der Waals surface area contributed by atoms with Crippen molar-refractivity contribution in [1.82, 2.24) is 19.0 Å². The van der Waals surface area contributed by atoms with Gasteiger partial charge in [0.2, 0.25) is 15.9 Å². The van der Waals surface area contributed by atoms with Crippen molar-refractivity contribution >= 4 is 26.8 Å². The monoisotopic (exact) mass is 483 g/mol. The van der Waals surface area contributed by atoms with Crippen LogP contribution < -0.4 is 10.7 Å². The zero-order chi connectivity index (χ0) is 24.0. The number of benzene rings is 2. The van der Waals surface area contributed by atoms with Crippen LogP contribution in [0.2, 0.25) is 0 Å². The molecule has 1 aliphatic heterocycles. The summed E-state index contributed by atoms with van der Waals surface area (Å²) in [6.45, 7) is 7.78. The molecule has 0 unspecified atom stereocenters. The van der Waals surface area contributed by atoms with Gasteiger partial charge in [-0.25, -0.2) is 13.2 Å². The predicted molar refractivity (Wildman–Crippen MR) is 125 cm³/mol. The van der Waals surface area contributed by atoms with Gasteiger partial charge in [0.15, 0.2) is 11.4 Å². The molecule has 4 aromatic rings. The van der Waals surface area contributed by atoms with E-state index in [2.05, 4.69) is 47.1 Å². The molecule has 1 saturated heterocycles. The Balaban J connectivity index is 1.37. The van der Waals surface area contributed by atoms with Gasteiger partial charge in [-0.1, -0.05) is 17.3 Å². The molecule has 0 spiro atoms. The number of aromatic nitrogens is 3. The maximum atomic E-state index is 13.3. The first-order chi connectivity index (χ1) is 16.2. The second kappa shape index (κ2) is 8.41. The van der Waals surface area contributed by atoms with E-state index in [-0.39, 0.29) is 17.0 Å². The van der Waals surface area contributed by atoms with E-state index in [1.165, 1.54) is 32.1 Å². The Morgan fingerprint density at radius 3 is 2.47 bits per heavy atom. The molecular formula is C23H25N5O5S. The summed E-state index contributed by atoms with van der Waals surface area (Å²) in [7, 11) is -3.74. The highest BCUT2D eigenvalue weighted by Crippen LogP contribution is 2.26. The van der Waals surface area contributed by atoms with Crippen LogP contribution in [-0.2, 0) is 16.6 Å². The molecule has 5 rings (SSSR count). The number of aryl methyl sites for hydroxylation is 3. The largest absolute Gasteiger partial charge is 0.420 e. The lowest BCUT2D eigenvalue weighted by molar-refractivity contribution is 0.384. The van der Waals surface area contributed by atoms with Crippen molar-refractivity contribution in [3.05, 3.63) is 69.8 Å². The highest BCUT2D eigenvalue weighted by Gasteiger charge is 2.30. The Hall–Kier alpha value is -3.44. The van der Waals surface area contributed by atoms with Crippen molar-refractivity contribution in [3.8, 4) is 0 Å². The fourth-order valence-electron chi connectivity index (χ4n) is 4.28. The van der Waals surface area contributed by atoms with E-state index in [0.717, 1.165) is 5.69 Å². The van der Waals surface area contributed by atoms with Crippen molar-refractivity contribution in [2.75, 3.05) is 31.1 Å². The molecule has 0 N–H and O–H groups in total. The average Bonchev–Trinajstić information content (AvgIpc) is 3.37. The van der Waals surface area contributed by atoms with E-state index in [1.807, 2.05) is 0 Å². The first kappa shape index (κ1) is 22.4. The molecule has 34 heavy (non-hydrogen) atoms. The highest BCUT2D eigenvalue weighted by molar-refractivity contribution is 7.89. The number of hydrogen-bond donors (Lipinski definition) is 0. The summed E-state index contributed by atoms with van der Waals surface area (Å²) < 4.78 is 39.8. The Labute approximate surface area is 196 Å². The maximum absolute atomic E-state index is 13.3. The normalized spacial score (nSPS) is 15.3. The van der Waals surface area contributed by atoms with Crippen molar-refractivity contribution in [2.45, 2.75) is 32.2 Å². The van der Waals surface area contributed by atoms with Gasteiger partial charge in [-0.3, -0.25) is 4.57 Å². The summed E-state index contributed by atoms with van der Waals surface area (Å²) in [6, 6.07) is 10.8. The van der Waals surface area contributed by atoms with E-state index in [4.69, 9.17) is 8.94 Å². The zero-order valence-corrected chi connectivity index (χ0v) is 20.0.